The van der Waals surface area contributed by atoms with Crippen LogP contribution in [0.1, 0.15) is 55.6 Å². The second-order valence-corrected chi connectivity index (χ2v) is 5.17. The van der Waals surface area contributed by atoms with Crippen molar-refractivity contribution in [3.05, 3.63) is 11.7 Å². The molecule has 0 spiro atoms. The van der Waals surface area contributed by atoms with Crippen molar-refractivity contribution in [3.63, 3.8) is 0 Å². The lowest BCUT2D eigenvalue weighted by Gasteiger charge is -2.17. The Hall–Kier alpha value is -0.550. The van der Waals surface area contributed by atoms with Crippen LogP contribution < -0.4 is 5.73 Å². The Labute approximate surface area is 94.0 Å². The van der Waals surface area contributed by atoms with Crippen molar-refractivity contribution >= 4 is 11.8 Å². The lowest BCUT2D eigenvalue weighted by molar-refractivity contribution is 0.347. The first-order chi connectivity index (χ1) is 7.31. The summed E-state index contributed by atoms with van der Waals surface area (Å²) in [5.41, 5.74) is 5.83. The SMILES string of the molecule is CC[C@H](N)c1nc(C2CCCCS2)no1. The van der Waals surface area contributed by atoms with Crippen molar-refractivity contribution in [1.29, 1.82) is 0 Å². The van der Waals surface area contributed by atoms with E-state index < -0.39 is 0 Å². The van der Waals surface area contributed by atoms with Gasteiger partial charge in [0.05, 0.1) is 11.3 Å². The van der Waals surface area contributed by atoms with Crippen LogP contribution in [0.15, 0.2) is 4.52 Å². The van der Waals surface area contributed by atoms with E-state index in [2.05, 4.69) is 10.1 Å². The smallest absolute Gasteiger partial charge is 0.243 e. The fraction of sp³-hybridized carbons (Fsp3) is 0.800. The van der Waals surface area contributed by atoms with Crippen LogP contribution in [0.25, 0.3) is 0 Å². The molecule has 1 aromatic rings. The predicted molar refractivity (Wildman–Crippen MR) is 60.6 cm³/mol. The maximum absolute atomic E-state index is 5.83. The van der Waals surface area contributed by atoms with Crippen LogP contribution in [0.4, 0.5) is 0 Å². The van der Waals surface area contributed by atoms with Crippen LogP contribution >= 0.6 is 11.8 Å². The Kier molecular flexibility index (Phi) is 3.64. The zero-order valence-electron chi connectivity index (χ0n) is 8.98. The molecular formula is C10H17N3OS. The van der Waals surface area contributed by atoms with Crippen LogP contribution in [-0.2, 0) is 0 Å². The molecule has 4 nitrogen and oxygen atoms in total. The number of aromatic nitrogens is 2. The molecule has 15 heavy (non-hydrogen) atoms. The lowest BCUT2D eigenvalue weighted by atomic mass is 10.2. The van der Waals surface area contributed by atoms with Gasteiger partial charge in [0, 0.05) is 0 Å². The fourth-order valence-electron chi connectivity index (χ4n) is 1.65. The molecule has 84 valence electrons. The number of hydrogen-bond donors (Lipinski definition) is 1. The van der Waals surface area contributed by atoms with E-state index in [0.29, 0.717) is 11.1 Å². The zero-order chi connectivity index (χ0) is 10.7. The minimum Gasteiger partial charge on any atom is -0.338 e. The second-order valence-electron chi connectivity index (χ2n) is 3.86. The van der Waals surface area contributed by atoms with Gasteiger partial charge in [-0.1, -0.05) is 18.5 Å². The number of thioether (sulfide) groups is 1. The quantitative estimate of drug-likeness (QED) is 0.859. The number of hydrogen-bond acceptors (Lipinski definition) is 5. The highest BCUT2D eigenvalue weighted by Gasteiger charge is 2.22. The molecule has 1 aromatic heterocycles. The zero-order valence-corrected chi connectivity index (χ0v) is 9.80. The topological polar surface area (TPSA) is 64.9 Å². The van der Waals surface area contributed by atoms with Crippen molar-refractivity contribution < 1.29 is 4.52 Å². The summed E-state index contributed by atoms with van der Waals surface area (Å²) in [6.45, 7) is 2.02. The molecule has 2 rings (SSSR count). The number of nitrogens with two attached hydrogens (primary N) is 1. The normalized spacial score (nSPS) is 24.0. The highest BCUT2D eigenvalue weighted by atomic mass is 32.2. The lowest BCUT2D eigenvalue weighted by Crippen LogP contribution is -2.09. The molecule has 0 aliphatic carbocycles. The highest BCUT2D eigenvalue weighted by Crippen LogP contribution is 2.36. The second kappa shape index (κ2) is 4.99. The first-order valence-electron chi connectivity index (χ1n) is 5.52. The van der Waals surface area contributed by atoms with Gasteiger partial charge in [0.25, 0.3) is 0 Å². The van der Waals surface area contributed by atoms with Gasteiger partial charge in [0.15, 0.2) is 5.82 Å². The number of rotatable bonds is 3. The van der Waals surface area contributed by atoms with Crippen LogP contribution in [0, 0.1) is 0 Å². The van der Waals surface area contributed by atoms with Crippen LogP contribution in [0.2, 0.25) is 0 Å². The summed E-state index contributed by atoms with van der Waals surface area (Å²) in [7, 11) is 0. The van der Waals surface area contributed by atoms with Gasteiger partial charge in [0.1, 0.15) is 0 Å². The third kappa shape index (κ3) is 2.52. The highest BCUT2D eigenvalue weighted by molar-refractivity contribution is 7.99. The van der Waals surface area contributed by atoms with Gasteiger partial charge in [-0.2, -0.15) is 16.7 Å². The van der Waals surface area contributed by atoms with E-state index in [1.165, 1.54) is 18.6 Å². The Balaban J connectivity index is 2.05. The summed E-state index contributed by atoms with van der Waals surface area (Å²) in [6.07, 6.45) is 4.56. The van der Waals surface area contributed by atoms with Crippen LogP contribution in [0.3, 0.4) is 0 Å². The van der Waals surface area contributed by atoms with E-state index in [4.69, 9.17) is 10.3 Å². The first kappa shape index (κ1) is 11.0. The van der Waals surface area contributed by atoms with E-state index in [1.807, 2.05) is 18.7 Å². The number of nitrogens with zero attached hydrogens (tertiary/aromatic N) is 2. The van der Waals surface area contributed by atoms with Gasteiger partial charge in [-0.3, -0.25) is 0 Å². The largest absolute Gasteiger partial charge is 0.338 e. The third-order valence-corrected chi connectivity index (χ3v) is 4.06. The van der Waals surface area contributed by atoms with Gasteiger partial charge < -0.3 is 10.3 Å². The van der Waals surface area contributed by atoms with E-state index in [-0.39, 0.29) is 6.04 Å². The summed E-state index contributed by atoms with van der Waals surface area (Å²) < 4.78 is 5.17. The molecule has 1 unspecified atom stereocenters. The monoisotopic (exact) mass is 227 g/mol. The minimum atomic E-state index is -0.111. The Bertz CT molecular complexity index is 309. The van der Waals surface area contributed by atoms with E-state index in [9.17, 15) is 0 Å². The maximum atomic E-state index is 5.83. The summed E-state index contributed by atoms with van der Waals surface area (Å²) in [6, 6.07) is -0.111. The molecule has 5 heteroatoms. The van der Waals surface area contributed by atoms with Crippen molar-refractivity contribution in [3.8, 4) is 0 Å². The van der Waals surface area contributed by atoms with Crippen molar-refractivity contribution in [2.45, 2.75) is 43.9 Å². The average molecular weight is 227 g/mol. The molecule has 2 atom stereocenters. The maximum Gasteiger partial charge on any atom is 0.243 e. The molecule has 1 aliphatic heterocycles. The summed E-state index contributed by atoms with van der Waals surface area (Å²) in [5, 5.41) is 4.44. The Morgan fingerprint density at radius 1 is 1.60 bits per heavy atom. The van der Waals surface area contributed by atoms with Gasteiger partial charge in [-0.15, -0.1) is 0 Å². The molecule has 1 saturated heterocycles. The van der Waals surface area contributed by atoms with Gasteiger partial charge >= 0.3 is 0 Å². The molecule has 0 radical (unpaired) electrons. The predicted octanol–water partition coefficient (Wildman–Crippen LogP) is 2.44. The van der Waals surface area contributed by atoms with Gasteiger partial charge in [-0.25, -0.2) is 0 Å². The van der Waals surface area contributed by atoms with Gasteiger partial charge in [0.2, 0.25) is 5.89 Å². The Morgan fingerprint density at radius 3 is 3.13 bits per heavy atom. The average Bonchev–Trinajstić information content (AvgIpc) is 2.78. The minimum absolute atomic E-state index is 0.111. The fourth-order valence-corrected chi connectivity index (χ4v) is 2.88. The van der Waals surface area contributed by atoms with Crippen molar-refractivity contribution in [2.75, 3.05) is 5.75 Å². The van der Waals surface area contributed by atoms with Gasteiger partial charge in [-0.05, 0) is 25.0 Å². The molecular weight excluding hydrogens is 210 g/mol. The third-order valence-electron chi connectivity index (χ3n) is 2.68. The molecule has 1 fully saturated rings. The summed E-state index contributed by atoms with van der Waals surface area (Å²) in [5.74, 6) is 2.62. The van der Waals surface area contributed by atoms with Crippen molar-refractivity contribution in [2.24, 2.45) is 5.73 Å². The molecule has 2 N–H and O–H groups in total. The van der Waals surface area contributed by atoms with E-state index in [1.54, 1.807) is 0 Å². The molecule has 2 heterocycles. The Morgan fingerprint density at radius 2 is 2.47 bits per heavy atom. The first-order valence-corrected chi connectivity index (χ1v) is 6.56. The van der Waals surface area contributed by atoms with E-state index >= 15 is 0 Å². The molecule has 1 aliphatic rings. The molecule has 0 amide bonds. The summed E-state index contributed by atoms with van der Waals surface area (Å²) >= 11 is 1.92. The van der Waals surface area contributed by atoms with Crippen LogP contribution in [-0.4, -0.2) is 15.9 Å². The molecule has 0 aromatic carbocycles. The standard InChI is InChI=1S/C10H17N3OS/c1-2-7(11)10-12-9(13-14-10)8-5-3-4-6-15-8/h7-8H,2-6,11H2,1H3/t7-,8?/m0/s1. The molecule has 0 bridgehead atoms. The molecule has 0 saturated carbocycles. The van der Waals surface area contributed by atoms with Crippen LogP contribution in [0.5, 0.6) is 0 Å². The van der Waals surface area contributed by atoms with Crippen molar-refractivity contribution in [1.82, 2.24) is 10.1 Å². The van der Waals surface area contributed by atoms with E-state index in [0.717, 1.165) is 18.7 Å². The summed E-state index contributed by atoms with van der Waals surface area (Å²) in [4.78, 5) is 4.38.